The Morgan fingerprint density at radius 2 is 2.19 bits per heavy atom. The average molecular weight is 236 g/mol. The predicted molar refractivity (Wildman–Crippen MR) is 61.0 cm³/mol. The molecule has 4 heteroatoms. The number of hydrogen-bond donors (Lipinski definition) is 0. The van der Waals surface area contributed by atoms with Crippen LogP contribution in [-0.2, 0) is 4.74 Å². The number of cyclic esters (lactones) is 1. The molecule has 0 spiro atoms. The van der Waals surface area contributed by atoms with Crippen molar-refractivity contribution in [3.05, 3.63) is 35.9 Å². The van der Waals surface area contributed by atoms with Crippen LogP contribution in [0.4, 0.5) is 4.79 Å². The van der Waals surface area contributed by atoms with Gasteiger partial charge in [-0.25, -0.2) is 9.69 Å². The van der Waals surface area contributed by atoms with Crippen molar-refractivity contribution in [2.24, 2.45) is 0 Å². The second kappa shape index (κ2) is 4.91. The first-order valence-corrected chi connectivity index (χ1v) is 5.44. The zero-order valence-electron chi connectivity index (χ0n) is 8.52. The third kappa shape index (κ3) is 2.47. The molecule has 3 nitrogen and oxygen atoms in total. The molecule has 82 valence electrons. The number of ether oxygens (including phenoxy) is 1. The SMILES string of the molecule is O=C1OC(CCl)CN1C#Cc1ccccc1. The fourth-order valence-electron chi connectivity index (χ4n) is 1.35. The van der Waals surface area contributed by atoms with Crippen LogP contribution in [0.2, 0.25) is 0 Å². The smallest absolute Gasteiger partial charge is 0.422 e. The lowest BCUT2D eigenvalue weighted by Gasteiger charge is -2.00. The van der Waals surface area contributed by atoms with Crippen LogP contribution in [0.1, 0.15) is 5.56 Å². The molecular formula is C12H10ClNO2. The molecule has 1 atom stereocenters. The molecule has 0 aliphatic carbocycles. The number of carbonyl (C=O) groups is 1. The first-order valence-electron chi connectivity index (χ1n) is 4.90. The summed E-state index contributed by atoms with van der Waals surface area (Å²) in [4.78, 5) is 12.7. The van der Waals surface area contributed by atoms with Crippen LogP contribution < -0.4 is 0 Å². The highest BCUT2D eigenvalue weighted by atomic mass is 35.5. The van der Waals surface area contributed by atoms with E-state index in [1.54, 1.807) is 0 Å². The first-order chi connectivity index (χ1) is 7.79. The number of nitrogens with zero attached hydrogens (tertiary/aromatic N) is 1. The number of halogens is 1. The highest BCUT2D eigenvalue weighted by molar-refractivity contribution is 6.18. The largest absolute Gasteiger partial charge is 0.442 e. The van der Waals surface area contributed by atoms with Gasteiger partial charge in [-0.3, -0.25) is 0 Å². The van der Waals surface area contributed by atoms with Crippen LogP contribution in [0, 0.1) is 12.0 Å². The number of hydrogen-bond acceptors (Lipinski definition) is 2. The lowest BCUT2D eigenvalue weighted by molar-refractivity contribution is 0.144. The molecule has 1 aromatic rings. The summed E-state index contributed by atoms with van der Waals surface area (Å²) in [6, 6.07) is 12.2. The monoisotopic (exact) mass is 235 g/mol. The number of carbonyl (C=O) groups excluding carboxylic acids is 1. The van der Waals surface area contributed by atoms with Crippen molar-refractivity contribution >= 4 is 17.7 Å². The molecule has 1 aliphatic rings. The number of benzene rings is 1. The van der Waals surface area contributed by atoms with E-state index in [-0.39, 0.29) is 6.10 Å². The molecule has 16 heavy (non-hydrogen) atoms. The molecule has 0 radical (unpaired) electrons. The van der Waals surface area contributed by atoms with Gasteiger partial charge in [0.1, 0.15) is 6.10 Å². The minimum atomic E-state index is -0.422. The zero-order valence-corrected chi connectivity index (χ0v) is 9.28. The van der Waals surface area contributed by atoms with Gasteiger partial charge >= 0.3 is 6.09 Å². The third-order valence-corrected chi connectivity index (χ3v) is 2.50. The molecular weight excluding hydrogens is 226 g/mol. The zero-order chi connectivity index (χ0) is 11.4. The summed E-state index contributed by atoms with van der Waals surface area (Å²) in [7, 11) is 0. The molecule has 1 aliphatic heterocycles. The Morgan fingerprint density at radius 3 is 2.81 bits per heavy atom. The Morgan fingerprint density at radius 1 is 1.44 bits per heavy atom. The van der Waals surface area contributed by atoms with Gasteiger partial charge in [0.15, 0.2) is 0 Å². The fourth-order valence-corrected chi connectivity index (χ4v) is 1.51. The Labute approximate surface area is 99.0 Å². The Balaban J connectivity index is 2.06. The molecule has 1 amide bonds. The Bertz CT molecular complexity index is 435. The van der Waals surface area contributed by atoms with Gasteiger partial charge < -0.3 is 4.74 Å². The molecule has 0 saturated carbocycles. The number of amides is 1. The van der Waals surface area contributed by atoms with Gasteiger partial charge in [0.25, 0.3) is 0 Å². The lowest BCUT2D eigenvalue weighted by Crippen LogP contribution is -2.19. The summed E-state index contributed by atoms with van der Waals surface area (Å²) >= 11 is 5.60. The average Bonchev–Trinajstić information content (AvgIpc) is 2.69. The molecule has 2 rings (SSSR count). The second-order valence-electron chi connectivity index (χ2n) is 3.37. The first kappa shape index (κ1) is 10.8. The van der Waals surface area contributed by atoms with E-state index in [2.05, 4.69) is 12.0 Å². The molecule has 1 aromatic carbocycles. The summed E-state index contributed by atoms with van der Waals surface area (Å²) in [5.41, 5.74) is 0.865. The van der Waals surface area contributed by atoms with E-state index in [0.717, 1.165) is 5.56 Å². The van der Waals surface area contributed by atoms with E-state index in [4.69, 9.17) is 16.3 Å². The van der Waals surface area contributed by atoms with Gasteiger partial charge in [0.2, 0.25) is 0 Å². The predicted octanol–water partition coefficient (Wildman–Crippen LogP) is 2.06. The van der Waals surface area contributed by atoms with Gasteiger partial charge in [-0.05, 0) is 18.1 Å². The maximum absolute atomic E-state index is 11.3. The van der Waals surface area contributed by atoms with Crippen molar-refractivity contribution in [2.75, 3.05) is 12.4 Å². The fraction of sp³-hybridized carbons (Fsp3) is 0.250. The van der Waals surface area contributed by atoms with Gasteiger partial charge in [0.05, 0.1) is 12.4 Å². The second-order valence-corrected chi connectivity index (χ2v) is 3.68. The van der Waals surface area contributed by atoms with E-state index in [0.29, 0.717) is 12.4 Å². The molecule has 0 N–H and O–H groups in total. The molecule has 0 bridgehead atoms. The molecule has 1 heterocycles. The van der Waals surface area contributed by atoms with Crippen molar-refractivity contribution in [2.45, 2.75) is 6.10 Å². The normalized spacial score (nSPS) is 18.9. The number of alkyl halides is 1. The maximum atomic E-state index is 11.3. The summed E-state index contributed by atoms with van der Waals surface area (Å²) in [5, 5.41) is 0. The van der Waals surface area contributed by atoms with Crippen molar-refractivity contribution in [3.63, 3.8) is 0 Å². The van der Waals surface area contributed by atoms with Crippen LogP contribution in [0.5, 0.6) is 0 Å². The van der Waals surface area contributed by atoms with Crippen molar-refractivity contribution in [1.29, 1.82) is 0 Å². The topological polar surface area (TPSA) is 29.5 Å². The number of rotatable bonds is 1. The van der Waals surface area contributed by atoms with Gasteiger partial charge in [-0.1, -0.05) is 18.2 Å². The van der Waals surface area contributed by atoms with Crippen molar-refractivity contribution < 1.29 is 9.53 Å². The van der Waals surface area contributed by atoms with E-state index in [9.17, 15) is 4.79 Å². The molecule has 1 saturated heterocycles. The quantitative estimate of drug-likeness (QED) is 0.551. The van der Waals surface area contributed by atoms with Crippen LogP contribution >= 0.6 is 11.6 Å². The highest BCUT2D eigenvalue weighted by Gasteiger charge is 2.29. The van der Waals surface area contributed by atoms with Gasteiger partial charge in [0, 0.05) is 11.6 Å². The maximum Gasteiger partial charge on any atom is 0.422 e. The van der Waals surface area contributed by atoms with E-state index in [1.165, 1.54) is 4.90 Å². The van der Waals surface area contributed by atoms with E-state index < -0.39 is 6.09 Å². The summed E-state index contributed by atoms with van der Waals surface area (Å²) in [5.74, 6) is 3.19. The van der Waals surface area contributed by atoms with Crippen LogP contribution in [0.25, 0.3) is 0 Å². The third-order valence-electron chi connectivity index (χ3n) is 2.16. The van der Waals surface area contributed by atoms with E-state index >= 15 is 0 Å². The summed E-state index contributed by atoms with van der Waals surface area (Å²) in [6.45, 7) is 0.433. The van der Waals surface area contributed by atoms with Crippen molar-refractivity contribution in [1.82, 2.24) is 4.90 Å². The van der Waals surface area contributed by atoms with E-state index in [1.807, 2.05) is 30.3 Å². The van der Waals surface area contributed by atoms with Crippen LogP contribution in [0.3, 0.4) is 0 Å². The van der Waals surface area contributed by atoms with Crippen LogP contribution in [0.15, 0.2) is 30.3 Å². The van der Waals surface area contributed by atoms with Crippen molar-refractivity contribution in [3.8, 4) is 12.0 Å². The Kier molecular flexibility index (Phi) is 3.33. The lowest BCUT2D eigenvalue weighted by atomic mass is 10.2. The summed E-state index contributed by atoms with van der Waals surface area (Å²) < 4.78 is 4.96. The Hall–Kier alpha value is -1.66. The van der Waals surface area contributed by atoms with Crippen LogP contribution in [-0.4, -0.2) is 29.5 Å². The molecule has 1 unspecified atom stereocenters. The highest BCUT2D eigenvalue weighted by Crippen LogP contribution is 2.11. The standard InChI is InChI=1S/C12H10ClNO2/c13-8-11-9-14(12(15)16-11)7-6-10-4-2-1-3-5-10/h1-5,11H,8-9H2. The summed E-state index contributed by atoms with van der Waals surface area (Å²) in [6.07, 6.45) is -0.673. The van der Waals surface area contributed by atoms with Gasteiger partial charge in [-0.15, -0.1) is 11.6 Å². The minimum Gasteiger partial charge on any atom is -0.442 e. The molecule has 1 fully saturated rings. The van der Waals surface area contributed by atoms with Gasteiger partial charge in [-0.2, -0.15) is 0 Å². The minimum absolute atomic E-state index is 0.251. The molecule has 0 aromatic heterocycles.